The fraction of sp³-hybridized carbons (Fsp3) is 0.316. The summed E-state index contributed by atoms with van der Waals surface area (Å²) in [6, 6.07) is 6.84. The Morgan fingerprint density at radius 1 is 1.27 bits per heavy atom. The number of ether oxygens (including phenoxy) is 1. The number of carbonyl (C=O) groups is 2. The average molecular weight is 447 g/mol. The maximum Gasteiger partial charge on any atom is 0.251 e. The number of hydrogen-bond donors (Lipinski definition) is 2. The molecule has 0 aliphatic heterocycles. The van der Waals surface area contributed by atoms with Crippen LogP contribution in [0, 0.1) is 6.92 Å². The Morgan fingerprint density at radius 3 is 2.63 bits per heavy atom. The van der Waals surface area contributed by atoms with E-state index in [0.29, 0.717) is 27.4 Å². The Bertz CT molecular complexity index is 1030. The van der Waals surface area contributed by atoms with Crippen LogP contribution in [0.3, 0.4) is 0 Å². The molecule has 0 unspecified atom stereocenters. The van der Waals surface area contributed by atoms with Gasteiger partial charge in [0.1, 0.15) is 5.75 Å². The van der Waals surface area contributed by atoms with Gasteiger partial charge in [-0.25, -0.2) is 4.98 Å². The zero-order valence-electron chi connectivity index (χ0n) is 17.0. The van der Waals surface area contributed by atoms with Crippen LogP contribution in [0.1, 0.15) is 28.8 Å². The molecule has 2 aromatic heterocycles. The van der Waals surface area contributed by atoms with Crippen LogP contribution in [0.4, 0.5) is 5.13 Å². The summed E-state index contributed by atoms with van der Waals surface area (Å²) in [7, 11) is 3.37. The Hall–Kier alpha value is -2.92. The van der Waals surface area contributed by atoms with Gasteiger partial charge < -0.3 is 19.9 Å². The Labute approximate surface area is 182 Å². The van der Waals surface area contributed by atoms with E-state index >= 15 is 0 Å². The molecule has 0 aliphatic rings. The van der Waals surface area contributed by atoms with Gasteiger partial charge in [-0.2, -0.15) is 0 Å². The Kier molecular flexibility index (Phi) is 7.06. The fourth-order valence-corrected chi connectivity index (χ4v) is 3.96. The summed E-state index contributed by atoms with van der Waals surface area (Å²) in [5.74, 6) is 0.889. The van der Waals surface area contributed by atoms with Crippen molar-refractivity contribution < 1.29 is 14.3 Å². The number of hydrogen-bond acceptors (Lipinski definition) is 8. The first-order valence-electron chi connectivity index (χ1n) is 9.07. The summed E-state index contributed by atoms with van der Waals surface area (Å²) in [6.07, 6.45) is 0. The Balaban J connectivity index is 1.55. The predicted octanol–water partition coefficient (Wildman–Crippen LogP) is 2.64. The Morgan fingerprint density at radius 2 is 2.00 bits per heavy atom. The summed E-state index contributed by atoms with van der Waals surface area (Å²) >= 11 is 2.67. The molecule has 0 fully saturated rings. The van der Waals surface area contributed by atoms with E-state index in [0.717, 1.165) is 5.69 Å². The van der Waals surface area contributed by atoms with Crippen molar-refractivity contribution in [2.75, 3.05) is 12.4 Å². The van der Waals surface area contributed by atoms with Crippen LogP contribution < -0.4 is 15.4 Å². The van der Waals surface area contributed by atoms with Crippen molar-refractivity contribution in [1.29, 1.82) is 0 Å². The van der Waals surface area contributed by atoms with Crippen LogP contribution in [-0.2, 0) is 18.4 Å². The van der Waals surface area contributed by atoms with Crippen LogP contribution in [0.5, 0.6) is 5.75 Å². The maximum absolute atomic E-state index is 12.4. The van der Waals surface area contributed by atoms with Crippen LogP contribution in [0.25, 0.3) is 0 Å². The zero-order valence-corrected chi connectivity index (χ0v) is 18.6. The first-order valence-corrected chi connectivity index (χ1v) is 10.8. The van der Waals surface area contributed by atoms with Gasteiger partial charge in [0.25, 0.3) is 5.91 Å². The molecule has 0 saturated heterocycles. The maximum atomic E-state index is 12.4. The van der Waals surface area contributed by atoms with Gasteiger partial charge in [-0.05, 0) is 38.1 Å². The topological polar surface area (TPSA) is 111 Å². The lowest BCUT2D eigenvalue weighted by molar-refractivity contribution is -0.115. The average Bonchev–Trinajstić information content (AvgIpc) is 3.31. The molecular formula is C19H22N6O3S2. The minimum absolute atomic E-state index is 0.160. The number of methoxy groups -OCH3 is 1. The number of nitrogens with one attached hydrogen (secondary N) is 2. The smallest absolute Gasteiger partial charge is 0.251 e. The van der Waals surface area contributed by atoms with E-state index in [1.54, 1.807) is 49.9 Å². The van der Waals surface area contributed by atoms with E-state index in [4.69, 9.17) is 4.74 Å². The number of thioether (sulfide) groups is 1. The molecule has 30 heavy (non-hydrogen) atoms. The van der Waals surface area contributed by atoms with Crippen LogP contribution in [0.15, 0.2) is 34.8 Å². The van der Waals surface area contributed by atoms with Gasteiger partial charge in [0.15, 0.2) is 16.1 Å². The zero-order chi connectivity index (χ0) is 21.7. The number of rotatable bonds is 8. The van der Waals surface area contributed by atoms with Crippen molar-refractivity contribution in [2.24, 2.45) is 7.05 Å². The number of benzene rings is 1. The van der Waals surface area contributed by atoms with Gasteiger partial charge in [-0.15, -0.1) is 21.5 Å². The van der Waals surface area contributed by atoms with Crippen LogP contribution in [0.2, 0.25) is 0 Å². The molecular weight excluding hydrogens is 424 g/mol. The minimum Gasteiger partial charge on any atom is -0.497 e. The second-order valence-electron chi connectivity index (χ2n) is 6.41. The van der Waals surface area contributed by atoms with Crippen LogP contribution >= 0.6 is 23.1 Å². The normalized spacial score (nSPS) is 11.7. The van der Waals surface area contributed by atoms with Gasteiger partial charge in [0.05, 0.1) is 24.6 Å². The van der Waals surface area contributed by atoms with Crippen LogP contribution in [-0.4, -0.2) is 43.9 Å². The molecule has 2 amide bonds. The van der Waals surface area contributed by atoms with Gasteiger partial charge in [-0.1, -0.05) is 11.8 Å². The highest BCUT2D eigenvalue weighted by Gasteiger charge is 2.20. The lowest BCUT2D eigenvalue weighted by Gasteiger charge is -2.10. The third-order valence-electron chi connectivity index (χ3n) is 4.18. The lowest BCUT2D eigenvalue weighted by Crippen LogP contribution is -2.24. The summed E-state index contributed by atoms with van der Waals surface area (Å²) in [4.78, 5) is 28.9. The summed E-state index contributed by atoms with van der Waals surface area (Å²) in [5.41, 5.74) is 1.39. The van der Waals surface area contributed by atoms with Crippen molar-refractivity contribution in [3.05, 3.63) is 46.7 Å². The molecule has 9 nitrogen and oxygen atoms in total. The third-order valence-corrected chi connectivity index (χ3v) is 6.19. The van der Waals surface area contributed by atoms with E-state index in [1.807, 2.05) is 12.3 Å². The van der Waals surface area contributed by atoms with Crippen molar-refractivity contribution in [1.82, 2.24) is 25.1 Å². The summed E-state index contributed by atoms with van der Waals surface area (Å²) in [6.45, 7) is 3.88. The van der Waals surface area contributed by atoms with Gasteiger partial charge in [0, 0.05) is 18.0 Å². The minimum atomic E-state index is -0.390. The molecule has 0 spiro atoms. The van der Waals surface area contributed by atoms with Crippen molar-refractivity contribution >= 4 is 40.0 Å². The molecule has 0 bridgehead atoms. The lowest BCUT2D eigenvalue weighted by atomic mass is 10.2. The van der Waals surface area contributed by atoms with Gasteiger partial charge >= 0.3 is 0 Å². The highest BCUT2D eigenvalue weighted by Crippen LogP contribution is 2.23. The number of anilines is 1. The fourth-order valence-electron chi connectivity index (χ4n) is 2.44. The number of thiazole rings is 1. The number of aromatic nitrogens is 4. The van der Waals surface area contributed by atoms with Gasteiger partial charge in [0.2, 0.25) is 5.91 Å². The molecule has 0 saturated carbocycles. The molecule has 11 heteroatoms. The summed E-state index contributed by atoms with van der Waals surface area (Å²) in [5, 5.41) is 16.5. The van der Waals surface area contributed by atoms with E-state index in [9.17, 15) is 9.59 Å². The molecule has 3 rings (SSSR count). The van der Waals surface area contributed by atoms with E-state index in [1.165, 1.54) is 23.1 Å². The highest BCUT2D eigenvalue weighted by atomic mass is 32.2. The van der Waals surface area contributed by atoms with E-state index in [-0.39, 0.29) is 23.6 Å². The van der Waals surface area contributed by atoms with E-state index in [2.05, 4.69) is 25.8 Å². The second kappa shape index (κ2) is 9.72. The number of nitrogens with zero attached hydrogens (tertiary/aromatic N) is 4. The number of aryl methyl sites for hydroxylation is 1. The third kappa shape index (κ3) is 5.36. The molecule has 2 heterocycles. The summed E-state index contributed by atoms with van der Waals surface area (Å²) < 4.78 is 6.85. The molecule has 3 aromatic rings. The highest BCUT2D eigenvalue weighted by molar-refractivity contribution is 8.00. The standard InChI is InChI=1S/C19H22N6O3S2/c1-11-10-29-18(21-11)22-16(26)12(2)30-19-24-23-15(25(19)3)9-20-17(27)13-5-7-14(28-4)8-6-13/h5-8,10,12H,9H2,1-4H3,(H,20,27)(H,21,22,26)/t12-/m0/s1. The first-order chi connectivity index (χ1) is 14.4. The van der Waals surface area contributed by atoms with Crippen molar-refractivity contribution in [3.8, 4) is 5.75 Å². The second-order valence-corrected chi connectivity index (χ2v) is 8.58. The number of carbonyl (C=O) groups excluding carboxylic acids is 2. The molecule has 1 atom stereocenters. The molecule has 2 N–H and O–H groups in total. The van der Waals surface area contributed by atoms with E-state index < -0.39 is 0 Å². The van der Waals surface area contributed by atoms with Crippen molar-refractivity contribution in [2.45, 2.75) is 30.8 Å². The largest absolute Gasteiger partial charge is 0.497 e. The first kappa shape index (κ1) is 21.8. The number of amides is 2. The predicted molar refractivity (Wildman–Crippen MR) is 116 cm³/mol. The quantitative estimate of drug-likeness (QED) is 0.512. The van der Waals surface area contributed by atoms with Crippen molar-refractivity contribution in [3.63, 3.8) is 0 Å². The monoisotopic (exact) mass is 446 g/mol. The SMILES string of the molecule is COc1ccc(C(=O)NCc2nnc(S[C@@H](C)C(=O)Nc3nc(C)cs3)n2C)cc1. The molecule has 158 valence electrons. The molecule has 1 aromatic carbocycles. The molecule has 0 radical (unpaired) electrons. The molecule has 0 aliphatic carbocycles. The van der Waals surface area contributed by atoms with Gasteiger partial charge in [-0.3, -0.25) is 9.59 Å².